The van der Waals surface area contributed by atoms with Gasteiger partial charge in [0.25, 0.3) is 0 Å². The number of likely N-dealkylation sites (tertiary alicyclic amines) is 1. The number of nitrogens with two attached hydrogens (primary N) is 1. The lowest BCUT2D eigenvalue weighted by atomic mass is 10.00. The van der Waals surface area contributed by atoms with Gasteiger partial charge in [0.1, 0.15) is 24.7 Å². The zero-order chi connectivity index (χ0) is 31.8. The van der Waals surface area contributed by atoms with Gasteiger partial charge in [-0.3, -0.25) is 0 Å². The van der Waals surface area contributed by atoms with Gasteiger partial charge in [0.05, 0.1) is 98.3 Å². The van der Waals surface area contributed by atoms with Crippen LogP contribution in [-0.2, 0) is 31.8 Å². The van der Waals surface area contributed by atoms with Gasteiger partial charge in [-0.1, -0.05) is 24.3 Å². The minimum Gasteiger partial charge on any atom is -1.00 e. The molecule has 1 heterocycles. The number of benzene rings is 2. The number of hydrogen-bond acceptors (Lipinski definition) is 9. The topological polar surface area (TPSA) is 122 Å². The summed E-state index contributed by atoms with van der Waals surface area (Å²) >= 11 is 0. The lowest BCUT2D eigenvalue weighted by molar-refractivity contribution is -0.933. The van der Waals surface area contributed by atoms with E-state index in [1.54, 1.807) is 0 Å². The van der Waals surface area contributed by atoms with Gasteiger partial charge in [0.2, 0.25) is 0 Å². The Hall–Kier alpha value is -1.70. The van der Waals surface area contributed by atoms with Crippen molar-refractivity contribution in [2.24, 2.45) is 5.73 Å². The summed E-state index contributed by atoms with van der Waals surface area (Å²) in [6, 6.07) is 17.1. The number of halogens is 2. The molecule has 12 heteroatoms. The van der Waals surface area contributed by atoms with Crippen molar-refractivity contribution in [2.45, 2.75) is 44.6 Å². The van der Waals surface area contributed by atoms with E-state index in [2.05, 4.69) is 24.3 Å². The van der Waals surface area contributed by atoms with E-state index in [1.807, 2.05) is 24.3 Å². The molecule has 1 atom stereocenters. The van der Waals surface area contributed by atoms with Crippen LogP contribution in [0.25, 0.3) is 0 Å². The summed E-state index contributed by atoms with van der Waals surface area (Å²) in [7, 11) is 0. The van der Waals surface area contributed by atoms with Crippen molar-refractivity contribution in [3.63, 3.8) is 0 Å². The Labute approximate surface area is 294 Å². The van der Waals surface area contributed by atoms with E-state index in [0.717, 1.165) is 67.7 Å². The first-order chi connectivity index (χ1) is 22.1. The molecule has 0 radical (unpaired) electrons. The van der Waals surface area contributed by atoms with E-state index >= 15 is 0 Å². The quantitative estimate of drug-likeness (QED) is 0.0946. The van der Waals surface area contributed by atoms with Crippen molar-refractivity contribution in [1.82, 2.24) is 0 Å². The highest BCUT2D eigenvalue weighted by atomic mass is 35.5. The molecule has 1 unspecified atom stereocenters. The number of piperidine rings is 1. The van der Waals surface area contributed by atoms with Crippen LogP contribution in [0.2, 0.25) is 0 Å². The largest absolute Gasteiger partial charge is 1.00 e. The number of ether oxygens (including phenoxy) is 6. The summed E-state index contributed by atoms with van der Waals surface area (Å²) in [6.45, 7) is 9.33. The number of quaternary nitrogens is 1. The highest BCUT2D eigenvalue weighted by Crippen LogP contribution is 2.23. The standard InChI is InChI=1S/C35H57N2O8.2ClH/c36-33-6-3-17-37(30-33,15-1-4-31-7-11-34(12-8-31)44-28-26-42-24-22-40-20-18-38)16-2-5-32-9-13-35(14-10-32)45-29-27-43-25-23-41-21-19-39;;/h7-14,33,38-39H,1-6,15-30,36H2;2*1H/q+1;;/p-1. The number of aliphatic hydroxyl groups excluding tert-OH is 2. The van der Waals surface area contributed by atoms with Crippen LogP contribution in [0.3, 0.4) is 0 Å². The van der Waals surface area contributed by atoms with Crippen LogP contribution in [0, 0.1) is 0 Å². The van der Waals surface area contributed by atoms with E-state index in [0.29, 0.717) is 72.1 Å². The molecule has 0 aromatic heterocycles. The molecule has 0 saturated carbocycles. The summed E-state index contributed by atoms with van der Waals surface area (Å²) in [5.74, 6) is 1.71. The molecule has 47 heavy (non-hydrogen) atoms. The summed E-state index contributed by atoms with van der Waals surface area (Å²) < 4.78 is 34.0. The second-order valence-corrected chi connectivity index (χ2v) is 11.7. The summed E-state index contributed by atoms with van der Waals surface area (Å²) in [5, 5.41) is 17.4. The Bertz CT molecular complexity index is 935. The molecule has 2 aromatic rings. The van der Waals surface area contributed by atoms with E-state index in [-0.39, 0.29) is 38.0 Å². The average Bonchev–Trinajstić information content (AvgIpc) is 3.05. The molecule has 0 bridgehead atoms. The first-order valence-electron chi connectivity index (χ1n) is 16.7. The molecular weight excluding hydrogens is 647 g/mol. The third-order valence-corrected chi connectivity index (χ3v) is 8.08. The number of aliphatic hydroxyl groups is 2. The number of rotatable bonds is 26. The molecule has 0 amide bonds. The van der Waals surface area contributed by atoms with Crippen LogP contribution >= 0.6 is 12.4 Å². The molecule has 0 spiro atoms. The van der Waals surface area contributed by atoms with E-state index in [9.17, 15) is 0 Å². The van der Waals surface area contributed by atoms with Crippen LogP contribution in [-0.4, -0.2) is 126 Å². The molecule has 270 valence electrons. The summed E-state index contributed by atoms with van der Waals surface area (Å²) in [5.41, 5.74) is 9.16. The SMILES string of the molecule is Cl.NC1CCC[N+](CCCc2ccc(OCCOCCOCCO)cc2)(CCCc2ccc(OCCOCCOCCO)cc2)C1.[Cl-]. The van der Waals surface area contributed by atoms with Gasteiger partial charge in [-0.2, -0.15) is 0 Å². The van der Waals surface area contributed by atoms with Crippen molar-refractivity contribution in [1.29, 1.82) is 0 Å². The smallest absolute Gasteiger partial charge is 0.119 e. The van der Waals surface area contributed by atoms with E-state index < -0.39 is 0 Å². The minimum absolute atomic E-state index is 0. The average molecular weight is 706 g/mol. The van der Waals surface area contributed by atoms with Gasteiger partial charge >= 0.3 is 0 Å². The van der Waals surface area contributed by atoms with Crippen molar-refractivity contribution < 1.29 is 55.5 Å². The minimum atomic E-state index is 0. The maximum Gasteiger partial charge on any atom is 0.119 e. The van der Waals surface area contributed by atoms with Gasteiger partial charge in [-0.25, -0.2) is 0 Å². The van der Waals surface area contributed by atoms with Crippen LogP contribution in [0.15, 0.2) is 48.5 Å². The fraction of sp³-hybridized carbons (Fsp3) is 0.657. The van der Waals surface area contributed by atoms with Crippen molar-refractivity contribution in [2.75, 3.05) is 105 Å². The highest BCUT2D eigenvalue weighted by molar-refractivity contribution is 5.85. The fourth-order valence-corrected chi connectivity index (χ4v) is 5.84. The first kappa shape index (κ1) is 43.3. The maximum absolute atomic E-state index is 8.70. The monoisotopic (exact) mass is 704 g/mol. The second kappa shape index (κ2) is 27.2. The molecule has 4 N–H and O–H groups in total. The van der Waals surface area contributed by atoms with Gasteiger partial charge in [0.15, 0.2) is 0 Å². The van der Waals surface area contributed by atoms with E-state index in [4.69, 9.17) is 44.4 Å². The Morgan fingerprint density at radius 1 is 0.617 bits per heavy atom. The Morgan fingerprint density at radius 2 is 1.02 bits per heavy atom. The van der Waals surface area contributed by atoms with Crippen LogP contribution in [0.4, 0.5) is 0 Å². The lowest BCUT2D eigenvalue weighted by Gasteiger charge is -2.44. The predicted molar refractivity (Wildman–Crippen MR) is 182 cm³/mol. The number of hydrogen-bond donors (Lipinski definition) is 3. The number of nitrogens with zero attached hydrogens (tertiary/aromatic N) is 1. The predicted octanol–water partition coefficient (Wildman–Crippen LogP) is 0.424. The molecule has 10 nitrogen and oxygen atoms in total. The van der Waals surface area contributed by atoms with Crippen molar-refractivity contribution in [3.8, 4) is 11.5 Å². The highest BCUT2D eigenvalue weighted by Gasteiger charge is 2.32. The molecule has 2 aromatic carbocycles. The molecule has 1 fully saturated rings. The van der Waals surface area contributed by atoms with Crippen molar-refractivity contribution >= 4 is 12.4 Å². The molecule has 0 aliphatic carbocycles. The molecule has 3 rings (SSSR count). The van der Waals surface area contributed by atoms with Crippen LogP contribution < -0.4 is 27.6 Å². The van der Waals surface area contributed by atoms with Crippen LogP contribution in [0.1, 0.15) is 36.8 Å². The first-order valence-corrected chi connectivity index (χ1v) is 16.7. The normalized spacial score (nSPS) is 15.4. The van der Waals surface area contributed by atoms with Gasteiger partial charge < -0.3 is 61.3 Å². The van der Waals surface area contributed by atoms with Gasteiger partial charge in [-0.05, 0) is 61.1 Å². The summed E-state index contributed by atoms with van der Waals surface area (Å²) in [6.07, 6.45) is 6.73. The third kappa shape index (κ3) is 19.2. The van der Waals surface area contributed by atoms with Gasteiger partial charge in [-0.15, -0.1) is 12.4 Å². The number of aryl methyl sites for hydroxylation is 2. The summed E-state index contributed by atoms with van der Waals surface area (Å²) in [4.78, 5) is 0. The van der Waals surface area contributed by atoms with E-state index in [1.165, 1.54) is 24.1 Å². The fourth-order valence-electron chi connectivity index (χ4n) is 5.84. The zero-order valence-corrected chi connectivity index (χ0v) is 29.5. The molecular formula is C35H58Cl2N2O8. The zero-order valence-electron chi connectivity index (χ0n) is 27.9. The molecule has 1 aliphatic heterocycles. The third-order valence-electron chi connectivity index (χ3n) is 8.08. The Morgan fingerprint density at radius 3 is 1.43 bits per heavy atom. The second-order valence-electron chi connectivity index (χ2n) is 11.7. The van der Waals surface area contributed by atoms with Crippen molar-refractivity contribution in [3.05, 3.63) is 59.7 Å². The molecule has 1 saturated heterocycles. The van der Waals surface area contributed by atoms with Gasteiger partial charge in [0, 0.05) is 12.8 Å². The Kier molecular flexibility index (Phi) is 25.0. The molecule has 1 aliphatic rings. The van der Waals surface area contributed by atoms with Crippen LogP contribution in [0.5, 0.6) is 11.5 Å². The maximum atomic E-state index is 8.70. The Balaban J connectivity index is 0.00000552. The lowest BCUT2D eigenvalue weighted by Crippen LogP contribution is -3.00.